The fourth-order valence-electron chi connectivity index (χ4n) is 2.73. The summed E-state index contributed by atoms with van der Waals surface area (Å²) < 4.78 is 6.83. The summed E-state index contributed by atoms with van der Waals surface area (Å²) in [5, 5.41) is 2.52. The number of ether oxygens (including phenoxy) is 1. The molecule has 0 spiro atoms. The average molecular weight is 316 g/mol. The zero-order chi connectivity index (χ0) is 16.4. The topological polar surface area (TPSA) is 67.7 Å². The van der Waals surface area contributed by atoms with E-state index < -0.39 is 5.97 Å². The van der Waals surface area contributed by atoms with Gasteiger partial charge in [-0.1, -0.05) is 0 Å². The molecule has 1 aliphatic heterocycles. The molecule has 7 nitrogen and oxygen atoms in total. The van der Waals surface area contributed by atoms with Crippen molar-refractivity contribution < 1.29 is 9.53 Å². The number of pyridine rings is 2. The zero-order valence-electron chi connectivity index (χ0n) is 13.4. The molecule has 1 aliphatic rings. The average Bonchev–Trinajstić information content (AvgIpc) is 2.57. The molecule has 0 aromatic carbocycles. The Bertz CT molecular complexity index is 778. The van der Waals surface area contributed by atoms with E-state index in [1.165, 1.54) is 0 Å². The quantitative estimate of drug-likeness (QED) is 0.766. The predicted molar refractivity (Wildman–Crippen MR) is 87.4 cm³/mol. The number of nitrogens with zero attached hydrogens (tertiary/aromatic N) is 4. The van der Waals surface area contributed by atoms with Crippen molar-refractivity contribution in [3.05, 3.63) is 40.3 Å². The van der Waals surface area contributed by atoms with Gasteiger partial charge in [-0.2, -0.15) is 0 Å². The smallest absolute Gasteiger partial charge is 0.343 e. The van der Waals surface area contributed by atoms with Gasteiger partial charge in [-0.3, -0.25) is 4.79 Å². The van der Waals surface area contributed by atoms with Gasteiger partial charge in [0.1, 0.15) is 5.56 Å². The Labute approximate surface area is 134 Å². The number of carbonyl (C=O) groups excluding carboxylic acids is 1. The number of esters is 1. The highest BCUT2D eigenvalue weighted by Gasteiger charge is 2.21. The second kappa shape index (κ2) is 6.37. The highest BCUT2D eigenvalue weighted by atomic mass is 16.5. The van der Waals surface area contributed by atoms with Crippen LogP contribution in [0.4, 0.5) is 0 Å². The van der Waals surface area contributed by atoms with E-state index in [0.29, 0.717) is 11.0 Å². The van der Waals surface area contributed by atoms with E-state index in [0.717, 1.165) is 26.2 Å². The third kappa shape index (κ3) is 2.92. The van der Waals surface area contributed by atoms with Crippen molar-refractivity contribution in [2.24, 2.45) is 0 Å². The Morgan fingerprint density at radius 2 is 2.04 bits per heavy atom. The summed E-state index contributed by atoms with van der Waals surface area (Å²) in [7, 11) is 2.07. The lowest BCUT2D eigenvalue weighted by Crippen LogP contribution is -2.50. The molecule has 0 amide bonds. The maximum absolute atomic E-state index is 12.6. The van der Waals surface area contributed by atoms with Crippen molar-refractivity contribution in [3.63, 3.8) is 0 Å². The van der Waals surface area contributed by atoms with E-state index >= 15 is 0 Å². The maximum Gasteiger partial charge on any atom is 0.343 e. The monoisotopic (exact) mass is 316 g/mol. The Kier molecular flexibility index (Phi) is 4.29. The number of carbonyl (C=O) groups is 1. The molecule has 0 N–H and O–H groups in total. The van der Waals surface area contributed by atoms with E-state index in [4.69, 9.17) is 4.74 Å². The number of rotatable bonds is 3. The van der Waals surface area contributed by atoms with Gasteiger partial charge >= 0.3 is 5.97 Å². The lowest BCUT2D eigenvalue weighted by molar-refractivity contribution is 0.0524. The zero-order valence-corrected chi connectivity index (χ0v) is 13.4. The summed E-state index contributed by atoms with van der Waals surface area (Å²) in [6, 6.07) is 3.40. The third-order valence-electron chi connectivity index (χ3n) is 4.02. The molecule has 23 heavy (non-hydrogen) atoms. The molecule has 3 rings (SSSR count). The number of hydrogen-bond donors (Lipinski definition) is 0. The number of piperazine rings is 1. The lowest BCUT2D eigenvalue weighted by Gasteiger charge is -2.35. The number of aromatic nitrogens is 2. The molecule has 0 unspecified atom stereocenters. The highest BCUT2D eigenvalue weighted by Crippen LogP contribution is 2.12. The van der Waals surface area contributed by atoms with Crippen LogP contribution in [-0.4, -0.2) is 60.4 Å². The molecule has 2 aromatic heterocycles. The van der Waals surface area contributed by atoms with Crippen LogP contribution in [-0.2, 0) is 4.74 Å². The van der Waals surface area contributed by atoms with Crippen LogP contribution < -0.4 is 10.4 Å². The molecule has 1 fully saturated rings. The van der Waals surface area contributed by atoms with Gasteiger partial charge in [0.2, 0.25) is 5.43 Å². The van der Waals surface area contributed by atoms with Crippen LogP contribution in [0.3, 0.4) is 0 Å². The van der Waals surface area contributed by atoms with Crippen LogP contribution in [0.5, 0.6) is 0 Å². The van der Waals surface area contributed by atoms with Crippen LogP contribution in [0.15, 0.2) is 29.3 Å². The summed E-state index contributed by atoms with van der Waals surface area (Å²) in [5.74, 6) is -0.592. The summed E-state index contributed by atoms with van der Waals surface area (Å²) in [6.07, 6.45) is 3.21. The molecule has 0 saturated carbocycles. The van der Waals surface area contributed by atoms with Gasteiger partial charge in [0.05, 0.1) is 12.0 Å². The lowest BCUT2D eigenvalue weighted by atomic mass is 10.2. The molecule has 0 bridgehead atoms. The van der Waals surface area contributed by atoms with Crippen LogP contribution in [0.1, 0.15) is 17.3 Å². The van der Waals surface area contributed by atoms with Crippen molar-refractivity contribution >= 4 is 17.0 Å². The van der Waals surface area contributed by atoms with E-state index in [2.05, 4.69) is 21.9 Å². The normalized spacial score (nSPS) is 15.8. The molecule has 0 radical (unpaired) electrons. The standard InChI is InChI=1S/C16H20N4O3/c1-3-23-16(22)13-11-20(19-9-7-18(2)8-10-19)15-12(14(13)21)5-4-6-17-15/h4-6,11H,3,7-10H2,1-2H3. The van der Waals surface area contributed by atoms with Crippen molar-refractivity contribution in [2.75, 3.05) is 44.8 Å². The summed E-state index contributed by atoms with van der Waals surface area (Å²) in [4.78, 5) is 31.2. The van der Waals surface area contributed by atoms with Gasteiger partial charge in [-0.05, 0) is 26.1 Å². The number of likely N-dealkylation sites (N-methyl/N-ethyl adjacent to an activating group) is 1. The molecule has 0 atom stereocenters. The van der Waals surface area contributed by atoms with Gasteiger partial charge in [0, 0.05) is 38.6 Å². The largest absolute Gasteiger partial charge is 0.462 e. The van der Waals surface area contributed by atoms with Gasteiger partial charge < -0.3 is 14.6 Å². The summed E-state index contributed by atoms with van der Waals surface area (Å²) in [6.45, 7) is 5.38. The fraction of sp³-hybridized carbons (Fsp3) is 0.438. The van der Waals surface area contributed by atoms with E-state index in [9.17, 15) is 9.59 Å². The first kappa shape index (κ1) is 15.5. The van der Waals surface area contributed by atoms with Gasteiger partial charge in [0.15, 0.2) is 5.65 Å². The Morgan fingerprint density at radius 1 is 1.30 bits per heavy atom. The minimum Gasteiger partial charge on any atom is -0.462 e. The molecule has 7 heteroatoms. The van der Waals surface area contributed by atoms with Crippen molar-refractivity contribution in [1.82, 2.24) is 14.6 Å². The van der Waals surface area contributed by atoms with Crippen molar-refractivity contribution in [2.45, 2.75) is 6.92 Å². The summed E-state index contributed by atoms with van der Waals surface area (Å²) >= 11 is 0. The predicted octanol–water partition coefficient (Wildman–Crippen LogP) is 0.457. The SMILES string of the molecule is CCOC(=O)c1cn(N2CCN(C)CC2)c2ncccc2c1=O. The first-order valence-electron chi connectivity index (χ1n) is 7.73. The number of hydrogen-bond acceptors (Lipinski definition) is 6. The van der Waals surface area contributed by atoms with E-state index in [-0.39, 0.29) is 17.6 Å². The van der Waals surface area contributed by atoms with Crippen LogP contribution in [0.25, 0.3) is 11.0 Å². The minimum absolute atomic E-state index is 0.0475. The van der Waals surface area contributed by atoms with Crippen LogP contribution >= 0.6 is 0 Å². The van der Waals surface area contributed by atoms with Crippen molar-refractivity contribution in [1.29, 1.82) is 0 Å². The molecule has 3 heterocycles. The Balaban J connectivity index is 2.14. The van der Waals surface area contributed by atoms with E-state index in [1.54, 1.807) is 31.5 Å². The molecule has 1 saturated heterocycles. The van der Waals surface area contributed by atoms with Gasteiger partial charge in [-0.15, -0.1) is 0 Å². The highest BCUT2D eigenvalue weighted by molar-refractivity contribution is 5.93. The van der Waals surface area contributed by atoms with Crippen LogP contribution in [0, 0.1) is 0 Å². The third-order valence-corrected chi connectivity index (χ3v) is 4.02. The van der Waals surface area contributed by atoms with Gasteiger partial charge in [0.25, 0.3) is 0 Å². The molecule has 0 aliphatic carbocycles. The second-order valence-electron chi connectivity index (χ2n) is 5.57. The molecular weight excluding hydrogens is 296 g/mol. The maximum atomic E-state index is 12.6. The second-order valence-corrected chi connectivity index (χ2v) is 5.57. The van der Waals surface area contributed by atoms with Crippen LogP contribution in [0.2, 0.25) is 0 Å². The van der Waals surface area contributed by atoms with Gasteiger partial charge in [-0.25, -0.2) is 14.5 Å². The van der Waals surface area contributed by atoms with Crippen molar-refractivity contribution in [3.8, 4) is 0 Å². The number of fused-ring (bicyclic) bond motifs is 1. The summed E-state index contributed by atoms with van der Waals surface area (Å²) in [5.41, 5.74) is 0.276. The van der Waals surface area contributed by atoms with E-state index in [1.807, 2.05) is 4.68 Å². The molecule has 122 valence electrons. The minimum atomic E-state index is -0.592. The molecular formula is C16H20N4O3. The molecule has 2 aromatic rings. The Morgan fingerprint density at radius 3 is 2.74 bits per heavy atom. The first-order valence-corrected chi connectivity index (χ1v) is 7.73. The fourth-order valence-corrected chi connectivity index (χ4v) is 2.73. The first-order chi connectivity index (χ1) is 11.1. The Hall–Kier alpha value is -2.41.